The second kappa shape index (κ2) is 7.24. The van der Waals surface area contributed by atoms with Gasteiger partial charge in [-0.25, -0.2) is 10.8 Å². The van der Waals surface area contributed by atoms with Crippen molar-refractivity contribution in [3.63, 3.8) is 0 Å². The van der Waals surface area contributed by atoms with Gasteiger partial charge in [0.15, 0.2) is 0 Å². The maximum atomic E-state index is 5.38. The third-order valence-corrected chi connectivity index (χ3v) is 3.23. The molecule has 16 heavy (non-hydrogen) atoms. The molecule has 5 heteroatoms. The van der Waals surface area contributed by atoms with Crippen LogP contribution < -0.4 is 16.6 Å². The lowest BCUT2D eigenvalue weighted by Gasteiger charge is -2.07. The minimum atomic E-state index is 0.664. The Morgan fingerprint density at radius 2 is 2.31 bits per heavy atom. The van der Waals surface area contributed by atoms with Gasteiger partial charge in [0, 0.05) is 11.4 Å². The van der Waals surface area contributed by atoms with Crippen LogP contribution in [-0.2, 0) is 13.0 Å². The van der Waals surface area contributed by atoms with Crippen LogP contribution in [0.3, 0.4) is 0 Å². The number of nitrogens with one attached hydrogen (secondary N) is 2. The Balaban J connectivity index is 2.55. The molecule has 0 aliphatic rings. The Morgan fingerprint density at radius 1 is 1.50 bits per heavy atom. The first-order chi connectivity index (χ1) is 7.81. The zero-order valence-electron chi connectivity index (χ0n) is 9.92. The maximum Gasteiger partial charge on any atom is 0.206 e. The lowest BCUT2D eigenvalue weighted by molar-refractivity contribution is 0.791. The van der Waals surface area contributed by atoms with Crippen molar-refractivity contribution in [2.24, 2.45) is 10.8 Å². The fourth-order valence-corrected chi connectivity index (χ4v) is 2.27. The first-order valence-corrected chi connectivity index (χ1v) is 6.49. The maximum absolute atomic E-state index is 5.38. The third kappa shape index (κ3) is 3.83. The highest BCUT2D eigenvalue weighted by Crippen LogP contribution is 2.18. The molecule has 0 fully saturated rings. The van der Waals surface area contributed by atoms with Crippen LogP contribution in [0.5, 0.6) is 0 Å². The topological polar surface area (TPSA) is 62.4 Å². The van der Waals surface area contributed by atoms with Crippen molar-refractivity contribution in [1.29, 1.82) is 0 Å². The van der Waals surface area contributed by atoms with Crippen LogP contribution in [0.2, 0.25) is 0 Å². The zero-order chi connectivity index (χ0) is 11.8. The van der Waals surface area contributed by atoms with Gasteiger partial charge in [0.05, 0.1) is 6.54 Å². The van der Waals surface area contributed by atoms with Crippen molar-refractivity contribution < 1.29 is 0 Å². The Hall–Kier alpha value is -1.07. The summed E-state index contributed by atoms with van der Waals surface area (Å²) in [4.78, 5) is 5.72. The van der Waals surface area contributed by atoms with Crippen LogP contribution >= 0.6 is 11.3 Å². The van der Waals surface area contributed by atoms with E-state index in [0.717, 1.165) is 19.4 Å². The molecule has 0 atom stereocenters. The number of rotatable bonds is 5. The standard InChI is InChI=1S/C11H20N4S/c1-3-6-13-11(15-12)14-8-10-9(4-2)5-7-16-10/h5,7H,3-4,6,8,12H2,1-2H3,(H2,13,14,15). The van der Waals surface area contributed by atoms with Crippen molar-refractivity contribution in [2.75, 3.05) is 6.54 Å². The van der Waals surface area contributed by atoms with Gasteiger partial charge in [-0.3, -0.25) is 5.43 Å². The van der Waals surface area contributed by atoms with Crippen LogP contribution in [-0.4, -0.2) is 12.5 Å². The van der Waals surface area contributed by atoms with E-state index in [4.69, 9.17) is 5.84 Å². The fourth-order valence-electron chi connectivity index (χ4n) is 1.37. The van der Waals surface area contributed by atoms with Gasteiger partial charge in [-0.1, -0.05) is 13.8 Å². The molecule has 1 aromatic rings. The highest BCUT2D eigenvalue weighted by Gasteiger charge is 2.01. The molecule has 4 nitrogen and oxygen atoms in total. The number of aliphatic imine (C=N–C) groups is 1. The van der Waals surface area contributed by atoms with Gasteiger partial charge in [0.25, 0.3) is 0 Å². The van der Waals surface area contributed by atoms with Crippen LogP contribution in [0.1, 0.15) is 30.7 Å². The Morgan fingerprint density at radius 3 is 2.94 bits per heavy atom. The monoisotopic (exact) mass is 240 g/mol. The summed E-state index contributed by atoms with van der Waals surface area (Å²) in [6.45, 7) is 5.84. The molecule has 1 aromatic heterocycles. The predicted molar refractivity (Wildman–Crippen MR) is 70.5 cm³/mol. The number of hydrogen-bond donors (Lipinski definition) is 3. The molecule has 0 aliphatic heterocycles. The SMILES string of the molecule is CCCNC(=NCc1sccc1CC)NN. The molecule has 0 saturated heterocycles. The summed E-state index contributed by atoms with van der Waals surface area (Å²) in [5.74, 6) is 6.05. The lowest BCUT2D eigenvalue weighted by Crippen LogP contribution is -2.41. The number of nitrogens with two attached hydrogens (primary N) is 1. The van der Waals surface area contributed by atoms with E-state index in [1.165, 1.54) is 10.4 Å². The number of hydrazine groups is 1. The summed E-state index contributed by atoms with van der Waals surface area (Å²) in [6, 6.07) is 2.16. The van der Waals surface area contributed by atoms with Crippen molar-refractivity contribution in [3.8, 4) is 0 Å². The van der Waals surface area contributed by atoms with E-state index in [-0.39, 0.29) is 0 Å². The second-order valence-corrected chi connectivity index (χ2v) is 4.46. The van der Waals surface area contributed by atoms with Crippen molar-refractivity contribution in [1.82, 2.24) is 10.7 Å². The predicted octanol–water partition coefficient (Wildman–Crippen LogP) is 1.63. The van der Waals surface area contributed by atoms with Gasteiger partial charge in [0.2, 0.25) is 5.96 Å². The fraction of sp³-hybridized carbons (Fsp3) is 0.545. The van der Waals surface area contributed by atoms with Gasteiger partial charge >= 0.3 is 0 Å². The minimum absolute atomic E-state index is 0.664. The van der Waals surface area contributed by atoms with E-state index in [2.05, 4.69) is 41.0 Å². The Bertz CT molecular complexity index is 332. The van der Waals surface area contributed by atoms with E-state index >= 15 is 0 Å². The first-order valence-electron chi connectivity index (χ1n) is 5.62. The van der Waals surface area contributed by atoms with E-state index < -0.39 is 0 Å². The molecule has 0 unspecified atom stereocenters. The molecule has 0 bridgehead atoms. The molecule has 0 radical (unpaired) electrons. The second-order valence-electron chi connectivity index (χ2n) is 3.46. The Kier molecular flexibility index (Phi) is 5.88. The zero-order valence-corrected chi connectivity index (χ0v) is 10.7. The largest absolute Gasteiger partial charge is 0.355 e. The summed E-state index contributed by atoms with van der Waals surface area (Å²) in [6.07, 6.45) is 2.11. The number of nitrogens with zero attached hydrogens (tertiary/aromatic N) is 1. The molecule has 0 saturated carbocycles. The third-order valence-electron chi connectivity index (χ3n) is 2.28. The number of hydrogen-bond acceptors (Lipinski definition) is 3. The molecule has 1 rings (SSSR count). The van der Waals surface area contributed by atoms with E-state index in [1.807, 2.05) is 0 Å². The highest BCUT2D eigenvalue weighted by molar-refractivity contribution is 7.10. The molecule has 1 heterocycles. The summed E-state index contributed by atoms with van der Waals surface area (Å²) in [5.41, 5.74) is 3.96. The van der Waals surface area contributed by atoms with Gasteiger partial charge in [-0.05, 0) is 29.9 Å². The van der Waals surface area contributed by atoms with Crippen LogP contribution in [0.4, 0.5) is 0 Å². The molecule has 0 spiro atoms. The molecule has 90 valence electrons. The number of thiophene rings is 1. The summed E-state index contributed by atoms with van der Waals surface area (Å²) >= 11 is 1.75. The van der Waals surface area contributed by atoms with Crippen molar-refractivity contribution in [2.45, 2.75) is 33.2 Å². The minimum Gasteiger partial charge on any atom is -0.355 e. The van der Waals surface area contributed by atoms with E-state index in [0.29, 0.717) is 12.5 Å². The first kappa shape index (κ1) is 13.0. The highest BCUT2D eigenvalue weighted by atomic mass is 32.1. The quantitative estimate of drug-likeness (QED) is 0.317. The average molecular weight is 240 g/mol. The molecule has 0 aromatic carbocycles. The summed E-state index contributed by atoms with van der Waals surface area (Å²) < 4.78 is 0. The molecule has 0 amide bonds. The summed E-state index contributed by atoms with van der Waals surface area (Å²) in [7, 11) is 0. The number of aryl methyl sites for hydroxylation is 1. The average Bonchev–Trinajstić information content (AvgIpc) is 2.77. The normalized spacial score (nSPS) is 11.6. The van der Waals surface area contributed by atoms with Crippen molar-refractivity contribution >= 4 is 17.3 Å². The van der Waals surface area contributed by atoms with Crippen LogP contribution in [0, 0.1) is 0 Å². The van der Waals surface area contributed by atoms with Gasteiger partial charge < -0.3 is 5.32 Å². The summed E-state index contributed by atoms with van der Waals surface area (Å²) in [5, 5.41) is 5.25. The van der Waals surface area contributed by atoms with Crippen molar-refractivity contribution in [3.05, 3.63) is 21.9 Å². The molecule has 0 aliphatic carbocycles. The Labute approximate surface area is 101 Å². The van der Waals surface area contributed by atoms with Crippen LogP contribution in [0.15, 0.2) is 16.4 Å². The van der Waals surface area contributed by atoms with Crippen LogP contribution in [0.25, 0.3) is 0 Å². The van der Waals surface area contributed by atoms with E-state index in [1.54, 1.807) is 11.3 Å². The lowest BCUT2D eigenvalue weighted by atomic mass is 10.2. The number of guanidine groups is 1. The smallest absolute Gasteiger partial charge is 0.206 e. The molecular weight excluding hydrogens is 220 g/mol. The molecule has 4 N–H and O–H groups in total. The van der Waals surface area contributed by atoms with E-state index in [9.17, 15) is 0 Å². The van der Waals surface area contributed by atoms with Gasteiger partial charge in [0.1, 0.15) is 0 Å². The molecular formula is C11H20N4S. The van der Waals surface area contributed by atoms with Gasteiger partial charge in [-0.2, -0.15) is 0 Å². The van der Waals surface area contributed by atoms with Gasteiger partial charge in [-0.15, -0.1) is 11.3 Å².